The summed E-state index contributed by atoms with van der Waals surface area (Å²) >= 11 is 3.38. The van der Waals surface area contributed by atoms with E-state index in [4.69, 9.17) is 4.74 Å². The van der Waals surface area contributed by atoms with E-state index >= 15 is 0 Å². The fourth-order valence-electron chi connectivity index (χ4n) is 2.34. The van der Waals surface area contributed by atoms with Crippen molar-refractivity contribution in [1.82, 2.24) is 15.3 Å². The molecule has 3 rings (SSSR count). The number of aromatic nitrogens is 2. The van der Waals surface area contributed by atoms with E-state index in [1.54, 1.807) is 12.3 Å². The SMILES string of the molecule is O=C(NCc1nccc(N2CCOCC2)n1)c1ccccc1Br. The average Bonchev–Trinajstić information content (AvgIpc) is 2.61. The maximum Gasteiger partial charge on any atom is 0.252 e. The van der Waals surface area contributed by atoms with Crippen molar-refractivity contribution in [2.24, 2.45) is 0 Å². The lowest BCUT2D eigenvalue weighted by Gasteiger charge is -2.27. The molecule has 0 bridgehead atoms. The molecule has 6 nitrogen and oxygen atoms in total. The van der Waals surface area contributed by atoms with Crippen LogP contribution in [-0.2, 0) is 11.3 Å². The van der Waals surface area contributed by atoms with Crippen LogP contribution in [0, 0.1) is 0 Å². The highest BCUT2D eigenvalue weighted by Crippen LogP contribution is 2.16. The first-order valence-corrected chi connectivity index (χ1v) is 8.21. The summed E-state index contributed by atoms with van der Waals surface area (Å²) < 4.78 is 6.11. The first kappa shape index (κ1) is 15.9. The summed E-state index contributed by atoms with van der Waals surface area (Å²) in [5.74, 6) is 1.31. The first-order chi connectivity index (χ1) is 11.2. The van der Waals surface area contributed by atoms with Crippen LogP contribution in [0.15, 0.2) is 41.0 Å². The lowest BCUT2D eigenvalue weighted by molar-refractivity contribution is 0.0949. The lowest BCUT2D eigenvalue weighted by Crippen LogP contribution is -2.37. The number of carbonyl (C=O) groups is 1. The number of hydrogen-bond donors (Lipinski definition) is 1. The van der Waals surface area contributed by atoms with Gasteiger partial charge in [0.25, 0.3) is 5.91 Å². The Morgan fingerprint density at radius 2 is 2.04 bits per heavy atom. The molecule has 120 valence electrons. The second-order valence-electron chi connectivity index (χ2n) is 5.09. The van der Waals surface area contributed by atoms with E-state index in [9.17, 15) is 4.79 Å². The third kappa shape index (κ3) is 4.05. The maximum absolute atomic E-state index is 12.2. The fourth-order valence-corrected chi connectivity index (χ4v) is 2.81. The Morgan fingerprint density at radius 3 is 2.83 bits per heavy atom. The monoisotopic (exact) mass is 376 g/mol. The van der Waals surface area contributed by atoms with Gasteiger partial charge < -0.3 is 15.0 Å². The van der Waals surface area contributed by atoms with Gasteiger partial charge in [-0.1, -0.05) is 12.1 Å². The summed E-state index contributed by atoms with van der Waals surface area (Å²) in [5.41, 5.74) is 0.594. The molecule has 1 aromatic heterocycles. The van der Waals surface area contributed by atoms with E-state index in [1.807, 2.05) is 24.3 Å². The number of halogens is 1. The topological polar surface area (TPSA) is 67.4 Å². The zero-order valence-corrected chi connectivity index (χ0v) is 14.1. The molecule has 0 spiro atoms. The van der Waals surface area contributed by atoms with Crippen molar-refractivity contribution in [3.8, 4) is 0 Å². The number of morpholine rings is 1. The van der Waals surface area contributed by atoms with Crippen LogP contribution in [0.1, 0.15) is 16.2 Å². The molecule has 2 heterocycles. The highest BCUT2D eigenvalue weighted by molar-refractivity contribution is 9.10. The quantitative estimate of drug-likeness (QED) is 0.883. The predicted molar refractivity (Wildman–Crippen MR) is 90.4 cm³/mol. The molecular weight excluding hydrogens is 360 g/mol. The van der Waals surface area contributed by atoms with Gasteiger partial charge in [-0.05, 0) is 34.1 Å². The van der Waals surface area contributed by atoms with E-state index in [2.05, 4.69) is 36.1 Å². The van der Waals surface area contributed by atoms with Crippen LogP contribution < -0.4 is 10.2 Å². The Balaban J connectivity index is 1.64. The molecule has 1 N–H and O–H groups in total. The molecular formula is C16H17BrN4O2. The van der Waals surface area contributed by atoms with Crippen molar-refractivity contribution < 1.29 is 9.53 Å². The second kappa shape index (κ2) is 7.52. The number of rotatable bonds is 4. The highest BCUT2D eigenvalue weighted by atomic mass is 79.9. The third-order valence-corrected chi connectivity index (χ3v) is 4.24. The molecule has 1 aliphatic heterocycles. The van der Waals surface area contributed by atoms with Crippen molar-refractivity contribution >= 4 is 27.7 Å². The summed E-state index contributed by atoms with van der Waals surface area (Å²) in [6, 6.07) is 9.18. The van der Waals surface area contributed by atoms with E-state index in [1.165, 1.54) is 0 Å². The molecule has 7 heteroatoms. The predicted octanol–water partition coefficient (Wildman–Crippen LogP) is 2.01. The smallest absolute Gasteiger partial charge is 0.252 e. The molecule has 1 saturated heterocycles. The van der Waals surface area contributed by atoms with Crippen LogP contribution >= 0.6 is 15.9 Å². The molecule has 0 atom stereocenters. The molecule has 0 aliphatic carbocycles. The summed E-state index contributed by atoms with van der Waals surface area (Å²) in [4.78, 5) is 23.1. The van der Waals surface area contributed by atoms with Gasteiger partial charge in [0.1, 0.15) is 11.6 Å². The number of nitrogens with zero attached hydrogens (tertiary/aromatic N) is 3. The Hall–Kier alpha value is -1.99. The van der Waals surface area contributed by atoms with Gasteiger partial charge >= 0.3 is 0 Å². The lowest BCUT2D eigenvalue weighted by atomic mass is 10.2. The zero-order chi connectivity index (χ0) is 16.1. The van der Waals surface area contributed by atoms with Gasteiger partial charge in [0.15, 0.2) is 0 Å². The van der Waals surface area contributed by atoms with E-state index in [0.717, 1.165) is 23.4 Å². The number of benzene rings is 1. The molecule has 0 radical (unpaired) electrons. The minimum atomic E-state index is -0.155. The van der Waals surface area contributed by atoms with Crippen molar-refractivity contribution in [3.05, 3.63) is 52.4 Å². The van der Waals surface area contributed by atoms with Gasteiger partial charge in [0.05, 0.1) is 25.3 Å². The van der Waals surface area contributed by atoms with Crippen LogP contribution in [-0.4, -0.2) is 42.2 Å². The Kier molecular flexibility index (Phi) is 5.19. The van der Waals surface area contributed by atoms with Crippen LogP contribution in [0.2, 0.25) is 0 Å². The van der Waals surface area contributed by atoms with Crippen LogP contribution in [0.3, 0.4) is 0 Å². The third-order valence-electron chi connectivity index (χ3n) is 3.55. The Labute approximate surface area is 143 Å². The van der Waals surface area contributed by atoms with Gasteiger partial charge in [-0.25, -0.2) is 9.97 Å². The number of nitrogens with one attached hydrogen (secondary N) is 1. The first-order valence-electron chi connectivity index (χ1n) is 7.41. The van der Waals surface area contributed by atoms with Gasteiger partial charge in [0, 0.05) is 23.8 Å². The van der Waals surface area contributed by atoms with E-state index < -0.39 is 0 Å². The molecule has 1 fully saturated rings. The molecule has 2 aromatic rings. The van der Waals surface area contributed by atoms with Gasteiger partial charge in [-0.2, -0.15) is 0 Å². The minimum Gasteiger partial charge on any atom is -0.378 e. The fraction of sp³-hybridized carbons (Fsp3) is 0.312. The number of hydrogen-bond acceptors (Lipinski definition) is 5. The van der Waals surface area contributed by atoms with Crippen molar-refractivity contribution in [3.63, 3.8) is 0 Å². The van der Waals surface area contributed by atoms with E-state index in [-0.39, 0.29) is 5.91 Å². The Bertz CT molecular complexity index is 689. The number of amides is 1. The van der Waals surface area contributed by atoms with Gasteiger partial charge in [-0.3, -0.25) is 4.79 Å². The minimum absolute atomic E-state index is 0.155. The molecule has 1 aliphatic rings. The number of ether oxygens (including phenoxy) is 1. The summed E-state index contributed by atoms with van der Waals surface area (Å²) in [6.45, 7) is 3.34. The molecule has 23 heavy (non-hydrogen) atoms. The maximum atomic E-state index is 12.2. The molecule has 1 aromatic carbocycles. The summed E-state index contributed by atoms with van der Waals surface area (Å²) in [6.07, 6.45) is 1.72. The average molecular weight is 377 g/mol. The number of anilines is 1. The highest BCUT2D eigenvalue weighted by Gasteiger charge is 2.14. The molecule has 1 amide bonds. The molecule has 0 saturated carbocycles. The van der Waals surface area contributed by atoms with Crippen LogP contribution in [0.4, 0.5) is 5.82 Å². The van der Waals surface area contributed by atoms with Crippen molar-refractivity contribution in [2.45, 2.75) is 6.54 Å². The van der Waals surface area contributed by atoms with E-state index in [0.29, 0.717) is 31.1 Å². The second-order valence-corrected chi connectivity index (χ2v) is 5.95. The van der Waals surface area contributed by atoms with Crippen molar-refractivity contribution in [2.75, 3.05) is 31.2 Å². The zero-order valence-electron chi connectivity index (χ0n) is 12.5. The van der Waals surface area contributed by atoms with Gasteiger partial charge in [0.2, 0.25) is 0 Å². The molecule has 0 unspecified atom stereocenters. The normalized spacial score (nSPS) is 14.6. The van der Waals surface area contributed by atoms with Gasteiger partial charge in [-0.15, -0.1) is 0 Å². The standard InChI is InChI=1S/C16H17BrN4O2/c17-13-4-2-1-3-12(13)16(22)19-11-14-18-6-5-15(20-14)21-7-9-23-10-8-21/h1-6H,7-11H2,(H,19,22). The largest absolute Gasteiger partial charge is 0.378 e. The number of carbonyl (C=O) groups excluding carboxylic acids is 1. The summed E-state index contributed by atoms with van der Waals surface area (Å²) in [7, 11) is 0. The van der Waals surface area contributed by atoms with Crippen molar-refractivity contribution in [1.29, 1.82) is 0 Å². The summed E-state index contributed by atoms with van der Waals surface area (Å²) in [5, 5.41) is 2.85. The Morgan fingerprint density at radius 1 is 1.26 bits per heavy atom. The van der Waals surface area contributed by atoms with Crippen LogP contribution in [0.25, 0.3) is 0 Å². The van der Waals surface area contributed by atoms with Crippen LogP contribution in [0.5, 0.6) is 0 Å².